The predicted octanol–water partition coefficient (Wildman–Crippen LogP) is 4.01. The number of benzene rings is 1. The maximum absolute atomic E-state index is 11.9. The summed E-state index contributed by atoms with van der Waals surface area (Å²) in [5, 5.41) is 8.08. The van der Waals surface area contributed by atoms with Gasteiger partial charge in [0.25, 0.3) is 5.91 Å². The van der Waals surface area contributed by atoms with E-state index in [0.717, 1.165) is 5.69 Å². The number of nitrogens with one attached hydrogen (secondary N) is 2. The zero-order valence-corrected chi connectivity index (χ0v) is 14.8. The Labute approximate surface area is 153 Å². The van der Waals surface area contributed by atoms with Crippen molar-refractivity contribution in [2.45, 2.75) is 6.92 Å². The molecule has 25 heavy (non-hydrogen) atoms. The van der Waals surface area contributed by atoms with Crippen molar-refractivity contribution in [3.8, 4) is 0 Å². The Morgan fingerprint density at radius 2 is 1.92 bits per heavy atom. The highest BCUT2D eigenvalue weighted by Crippen LogP contribution is 2.27. The highest BCUT2D eigenvalue weighted by molar-refractivity contribution is 7.17. The number of carbonyl (C=O) groups is 1. The molecule has 0 aliphatic carbocycles. The molecule has 2 aromatic heterocycles. The smallest absolute Gasteiger partial charge is 0.271 e. The fourth-order valence-corrected chi connectivity index (χ4v) is 2.97. The van der Waals surface area contributed by atoms with Crippen LogP contribution in [0.1, 0.15) is 20.8 Å². The molecule has 0 aliphatic rings. The molecule has 1 amide bonds. The standard InChI is InChI=1S/C17H14ClN5OS/c1-11-2-4-13(5-3-11)21-17-22-15(18)14(25-17)10-20-23-16(24)12-6-8-19-9-7-12/h2-10H,1H3,(H,21,22)(H,23,24)/b20-10+. The van der Waals surface area contributed by atoms with Crippen molar-refractivity contribution < 1.29 is 4.79 Å². The average molecular weight is 372 g/mol. The van der Waals surface area contributed by atoms with E-state index in [4.69, 9.17) is 11.6 Å². The van der Waals surface area contributed by atoms with E-state index in [1.165, 1.54) is 23.1 Å². The summed E-state index contributed by atoms with van der Waals surface area (Å²) in [6.07, 6.45) is 4.56. The van der Waals surface area contributed by atoms with E-state index in [0.29, 0.717) is 20.7 Å². The highest BCUT2D eigenvalue weighted by Gasteiger charge is 2.08. The largest absolute Gasteiger partial charge is 0.331 e. The molecule has 0 aliphatic heterocycles. The van der Waals surface area contributed by atoms with Gasteiger partial charge in [-0.1, -0.05) is 40.6 Å². The zero-order valence-electron chi connectivity index (χ0n) is 13.2. The molecule has 8 heteroatoms. The molecule has 6 nitrogen and oxygen atoms in total. The van der Waals surface area contributed by atoms with E-state index < -0.39 is 0 Å². The fourth-order valence-electron chi connectivity index (χ4n) is 1.92. The number of aromatic nitrogens is 2. The molecule has 0 unspecified atom stereocenters. The van der Waals surface area contributed by atoms with Gasteiger partial charge in [0.2, 0.25) is 0 Å². The second kappa shape index (κ2) is 7.87. The van der Waals surface area contributed by atoms with Gasteiger partial charge < -0.3 is 5.32 Å². The Morgan fingerprint density at radius 1 is 1.20 bits per heavy atom. The Bertz CT molecular complexity index is 893. The molecule has 0 atom stereocenters. The minimum atomic E-state index is -0.322. The summed E-state index contributed by atoms with van der Waals surface area (Å²) in [6.45, 7) is 2.03. The van der Waals surface area contributed by atoms with Crippen LogP contribution in [0.3, 0.4) is 0 Å². The maximum atomic E-state index is 11.9. The van der Waals surface area contributed by atoms with Gasteiger partial charge in [-0.15, -0.1) is 0 Å². The van der Waals surface area contributed by atoms with Crippen molar-refractivity contribution >= 4 is 45.9 Å². The molecule has 3 aromatic rings. The Balaban J connectivity index is 1.64. The lowest BCUT2D eigenvalue weighted by atomic mass is 10.2. The van der Waals surface area contributed by atoms with Crippen LogP contribution in [0.4, 0.5) is 10.8 Å². The van der Waals surface area contributed by atoms with Gasteiger partial charge in [-0.2, -0.15) is 5.10 Å². The van der Waals surface area contributed by atoms with Gasteiger partial charge in [0.1, 0.15) is 0 Å². The number of aryl methyl sites for hydroxylation is 1. The van der Waals surface area contributed by atoms with Gasteiger partial charge in [-0.25, -0.2) is 10.4 Å². The third-order valence-electron chi connectivity index (χ3n) is 3.20. The van der Waals surface area contributed by atoms with Gasteiger partial charge in [-0.3, -0.25) is 9.78 Å². The Kier molecular flexibility index (Phi) is 5.37. The number of hydrogen-bond acceptors (Lipinski definition) is 6. The number of hydrazone groups is 1. The molecule has 0 saturated carbocycles. The lowest BCUT2D eigenvalue weighted by molar-refractivity contribution is 0.0955. The maximum Gasteiger partial charge on any atom is 0.271 e. The third-order valence-corrected chi connectivity index (χ3v) is 4.51. The normalized spacial score (nSPS) is 10.8. The number of thiazole rings is 1. The van der Waals surface area contributed by atoms with Crippen LogP contribution in [0.25, 0.3) is 0 Å². The molecule has 126 valence electrons. The number of pyridine rings is 1. The van der Waals surface area contributed by atoms with E-state index in [2.05, 4.69) is 25.8 Å². The number of hydrogen-bond donors (Lipinski definition) is 2. The molecular formula is C17H14ClN5OS. The Morgan fingerprint density at radius 3 is 2.64 bits per heavy atom. The van der Waals surface area contributed by atoms with Crippen molar-refractivity contribution in [3.63, 3.8) is 0 Å². The van der Waals surface area contributed by atoms with Crippen LogP contribution in [0.5, 0.6) is 0 Å². The van der Waals surface area contributed by atoms with E-state index >= 15 is 0 Å². The Hall–Kier alpha value is -2.77. The molecule has 0 saturated heterocycles. The number of nitrogens with zero attached hydrogens (tertiary/aromatic N) is 3. The van der Waals surface area contributed by atoms with Gasteiger partial charge in [-0.05, 0) is 31.2 Å². The van der Waals surface area contributed by atoms with Gasteiger partial charge >= 0.3 is 0 Å². The average Bonchev–Trinajstić information content (AvgIpc) is 2.97. The third kappa shape index (κ3) is 4.62. The van der Waals surface area contributed by atoms with Crippen molar-refractivity contribution in [1.29, 1.82) is 0 Å². The van der Waals surface area contributed by atoms with Gasteiger partial charge in [0, 0.05) is 23.6 Å². The van der Waals surface area contributed by atoms with Crippen LogP contribution >= 0.6 is 22.9 Å². The van der Waals surface area contributed by atoms with Gasteiger partial charge in [0.15, 0.2) is 10.3 Å². The molecule has 0 bridgehead atoms. The van der Waals surface area contributed by atoms with E-state index in [-0.39, 0.29) is 5.91 Å². The summed E-state index contributed by atoms with van der Waals surface area (Å²) >= 11 is 7.46. The van der Waals surface area contributed by atoms with Gasteiger partial charge in [0.05, 0.1) is 11.1 Å². The van der Waals surface area contributed by atoms with Crippen LogP contribution in [-0.2, 0) is 0 Å². The first-order valence-electron chi connectivity index (χ1n) is 7.35. The van der Waals surface area contributed by atoms with Crippen LogP contribution in [-0.4, -0.2) is 22.1 Å². The van der Waals surface area contributed by atoms with Crippen LogP contribution < -0.4 is 10.7 Å². The highest BCUT2D eigenvalue weighted by atomic mass is 35.5. The molecule has 2 N–H and O–H groups in total. The summed E-state index contributed by atoms with van der Waals surface area (Å²) < 4.78 is 0. The molecule has 0 spiro atoms. The quantitative estimate of drug-likeness (QED) is 0.524. The predicted molar refractivity (Wildman–Crippen MR) is 101 cm³/mol. The number of rotatable bonds is 5. The van der Waals surface area contributed by atoms with E-state index in [1.54, 1.807) is 24.5 Å². The lowest BCUT2D eigenvalue weighted by Gasteiger charge is -2.01. The minimum Gasteiger partial charge on any atom is -0.331 e. The molecule has 1 aromatic carbocycles. The first-order chi connectivity index (χ1) is 12.1. The summed E-state index contributed by atoms with van der Waals surface area (Å²) in [5.41, 5.74) is 5.02. The fraction of sp³-hybridized carbons (Fsp3) is 0.0588. The number of carbonyl (C=O) groups excluding carboxylic acids is 1. The molecule has 0 radical (unpaired) electrons. The molecular weight excluding hydrogens is 358 g/mol. The van der Waals surface area contributed by atoms with Crippen molar-refractivity contribution in [2.75, 3.05) is 5.32 Å². The van der Waals surface area contributed by atoms with Crippen LogP contribution in [0.2, 0.25) is 5.15 Å². The van der Waals surface area contributed by atoms with Crippen molar-refractivity contribution in [2.24, 2.45) is 5.10 Å². The second-order valence-corrected chi connectivity index (χ2v) is 6.49. The number of anilines is 2. The van der Waals surface area contributed by atoms with Crippen molar-refractivity contribution in [3.05, 3.63) is 69.9 Å². The van der Waals surface area contributed by atoms with Crippen LogP contribution in [0, 0.1) is 6.92 Å². The molecule has 3 rings (SSSR count). The summed E-state index contributed by atoms with van der Waals surface area (Å²) in [4.78, 5) is 20.6. The van der Waals surface area contributed by atoms with Crippen molar-refractivity contribution in [1.82, 2.24) is 15.4 Å². The second-order valence-electron chi connectivity index (χ2n) is 5.10. The number of halogens is 1. The first kappa shape index (κ1) is 17.1. The lowest BCUT2D eigenvalue weighted by Crippen LogP contribution is -2.17. The molecule has 2 heterocycles. The monoisotopic (exact) mass is 371 g/mol. The molecule has 0 fully saturated rings. The number of amides is 1. The summed E-state index contributed by atoms with van der Waals surface area (Å²) in [5.74, 6) is -0.322. The SMILES string of the molecule is Cc1ccc(Nc2nc(Cl)c(/C=N/NC(=O)c3ccncc3)s2)cc1. The minimum absolute atomic E-state index is 0.321. The topological polar surface area (TPSA) is 79.3 Å². The summed E-state index contributed by atoms with van der Waals surface area (Å²) in [6, 6.07) is 11.2. The van der Waals surface area contributed by atoms with Crippen LogP contribution in [0.15, 0.2) is 53.9 Å². The zero-order chi connectivity index (χ0) is 17.6. The van der Waals surface area contributed by atoms with E-state index in [1.807, 2.05) is 31.2 Å². The first-order valence-corrected chi connectivity index (χ1v) is 8.55. The summed E-state index contributed by atoms with van der Waals surface area (Å²) in [7, 11) is 0. The van der Waals surface area contributed by atoms with E-state index in [9.17, 15) is 4.79 Å².